The standard InChI is InChI=1S/C21H28N4O/c1-15-9-11-17(12-10-15)20(25(2)3)14-22-21(26)19-13-18(23-24-19)16-7-5-4-6-8-16/h4-12,18-20,23-24H,13-14H2,1-3H3,(H,22,26). The van der Waals surface area contributed by atoms with E-state index in [9.17, 15) is 4.79 Å². The Balaban J connectivity index is 1.56. The minimum absolute atomic E-state index is 0.0369. The van der Waals surface area contributed by atoms with Crippen molar-refractivity contribution in [2.24, 2.45) is 0 Å². The molecule has 0 bridgehead atoms. The van der Waals surface area contributed by atoms with Crippen LogP contribution >= 0.6 is 0 Å². The number of carbonyl (C=O) groups excluding carboxylic acids is 1. The van der Waals surface area contributed by atoms with Crippen molar-refractivity contribution in [1.29, 1.82) is 0 Å². The van der Waals surface area contributed by atoms with E-state index in [2.05, 4.69) is 64.4 Å². The van der Waals surface area contributed by atoms with Gasteiger partial charge in [-0.3, -0.25) is 4.79 Å². The molecule has 3 N–H and O–H groups in total. The van der Waals surface area contributed by atoms with Crippen LogP contribution in [0.3, 0.4) is 0 Å². The van der Waals surface area contributed by atoms with Crippen LogP contribution in [0.2, 0.25) is 0 Å². The Hall–Kier alpha value is -2.21. The molecule has 0 spiro atoms. The second-order valence-corrected chi connectivity index (χ2v) is 7.18. The first-order valence-corrected chi connectivity index (χ1v) is 9.11. The highest BCUT2D eigenvalue weighted by Crippen LogP contribution is 2.22. The summed E-state index contributed by atoms with van der Waals surface area (Å²) in [4.78, 5) is 14.7. The Kier molecular flexibility index (Phi) is 6.04. The van der Waals surface area contributed by atoms with Crippen molar-refractivity contribution in [2.45, 2.75) is 31.5 Å². The van der Waals surface area contributed by atoms with E-state index < -0.39 is 0 Å². The smallest absolute Gasteiger partial charge is 0.238 e. The largest absolute Gasteiger partial charge is 0.353 e. The second kappa shape index (κ2) is 8.45. The molecule has 3 rings (SSSR count). The average Bonchev–Trinajstić information content (AvgIpc) is 3.14. The van der Waals surface area contributed by atoms with Crippen molar-refractivity contribution in [1.82, 2.24) is 21.1 Å². The van der Waals surface area contributed by atoms with E-state index in [0.29, 0.717) is 6.54 Å². The number of likely N-dealkylation sites (N-methyl/N-ethyl adjacent to an activating group) is 1. The predicted molar refractivity (Wildman–Crippen MR) is 104 cm³/mol. The van der Waals surface area contributed by atoms with Crippen LogP contribution in [0.4, 0.5) is 0 Å². The molecule has 2 aromatic rings. The molecule has 26 heavy (non-hydrogen) atoms. The number of aryl methyl sites for hydroxylation is 1. The molecule has 1 fully saturated rings. The molecule has 0 radical (unpaired) electrons. The number of hydrogen-bond acceptors (Lipinski definition) is 4. The molecular weight excluding hydrogens is 324 g/mol. The van der Waals surface area contributed by atoms with Crippen molar-refractivity contribution < 1.29 is 4.79 Å². The van der Waals surface area contributed by atoms with Crippen LogP contribution < -0.4 is 16.2 Å². The van der Waals surface area contributed by atoms with E-state index in [1.807, 2.05) is 32.3 Å². The first kappa shape index (κ1) is 18.6. The average molecular weight is 352 g/mol. The van der Waals surface area contributed by atoms with Gasteiger partial charge in [-0.1, -0.05) is 60.2 Å². The molecule has 2 aromatic carbocycles. The maximum atomic E-state index is 12.6. The zero-order chi connectivity index (χ0) is 18.5. The molecule has 0 aromatic heterocycles. The lowest BCUT2D eigenvalue weighted by molar-refractivity contribution is -0.123. The van der Waals surface area contributed by atoms with Crippen LogP contribution in [0.25, 0.3) is 0 Å². The van der Waals surface area contributed by atoms with Gasteiger partial charge in [0.15, 0.2) is 0 Å². The van der Waals surface area contributed by atoms with Crippen molar-refractivity contribution in [2.75, 3.05) is 20.6 Å². The number of nitrogens with one attached hydrogen (secondary N) is 3. The Labute approximate surface area is 155 Å². The van der Waals surface area contributed by atoms with E-state index in [1.165, 1.54) is 16.7 Å². The summed E-state index contributed by atoms with van der Waals surface area (Å²) in [6.45, 7) is 2.67. The van der Waals surface area contributed by atoms with Gasteiger partial charge in [0, 0.05) is 12.6 Å². The molecule has 1 heterocycles. The first-order chi connectivity index (χ1) is 12.5. The summed E-state index contributed by atoms with van der Waals surface area (Å²) in [7, 11) is 4.08. The molecule has 1 aliphatic heterocycles. The molecule has 5 nitrogen and oxygen atoms in total. The summed E-state index contributed by atoms with van der Waals surface area (Å²) in [6.07, 6.45) is 0.743. The number of amides is 1. The molecule has 1 saturated heterocycles. The van der Waals surface area contributed by atoms with E-state index in [0.717, 1.165) is 6.42 Å². The maximum Gasteiger partial charge on any atom is 0.238 e. The van der Waals surface area contributed by atoms with Gasteiger partial charge < -0.3 is 10.2 Å². The van der Waals surface area contributed by atoms with Gasteiger partial charge in [-0.2, -0.15) is 0 Å². The molecule has 3 unspecified atom stereocenters. The SMILES string of the molecule is Cc1ccc(C(CNC(=O)C2CC(c3ccccc3)NN2)N(C)C)cc1. The van der Waals surface area contributed by atoms with Crippen LogP contribution in [-0.2, 0) is 4.79 Å². The van der Waals surface area contributed by atoms with E-state index >= 15 is 0 Å². The number of benzene rings is 2. The van der Waals surface area contributed by atoms with Crippen LogP contribution in [0, 0.1) is 6.92 Å². The van der Waals surface area contributed by atoms with Crippen molar-refractivity contribution in [3.05, 3.63) is 71.3 Å². The lowest BCUT2D eigenvalue weighted by Crippen LogP contribution is -2.45. The molecule has 0 aliphatic carbocycles. The Morgan fingerprint density at radius 1 is 1.12 bits per heavy atom. The minimum atomic E-state index is -0.221. The summed E-state index contributed by atoms with van der Waals surface area (Å²) in [5.41, 5.74) is 10.0. The number of hydrogen-bond donors (Lipinski definition) is 3. The number of rotatable bonds is 6. The highest BCUT2D eigenvalue weighted by molar-refractivity contribution is 5.82. The fraction of sp³-hybridized carbons (Fsp3) is 0.381. The fourth-order valence-corrected chi connectivity index (χ4v) is 3.34. The van der Waals surface area contributed by atoms with Crippen LogP contribution in [0.1, 0.15) is 35.2 Å². The molecule has 1 aliphatic rings. The van der Waals surface area contributed by atoms with Crippen molar-refractivity contribution in [3.8, 4) is 0 Å². The minimum Gasteiger partial charge on any atom is -0.353 e. The monoisotopic (exact) mass is 352 g/mol. The highest BCUT2D eigenvalue weighted by Gasteiger charge is 2.30. The summed E-state index contributed by atoms with van der Waals surface area (Å²) in [5, 5.41) is 3.11. The third-order valence-electron chi connectivity index (χ3n) is 4.98. The van der Waals surface area contributed by atoms with Gasteiger partial charge in [0.1, 0.15) is 6.04 Å². The summed E-state index contributed by atoms with van der Waals surface area (Å²) in [5.74, 6) is 0.0369. The lowest BCUT2D eigenvalue weighted by atomic mass is 10.0. The Morgan fingerprint density at radius 2 is 1.81 bits per heavy atom. The highest BCUT2D eigenvalue weighted by atomic mass is 16.2. The van der Waals surface area contributed by atoms with Gasteiger partial charge in [0.25, 0.3) is 0 Å². The summed E-state index contributed by atoms with van der Waals surface area (Å²) >= 11 is 0. The van der Waals surface area contributed by atoms with Gasteiger partial charge in [-0.05, 0) is 38.6 Å². The van der Waals surface area contributed by atoms with Crippen LogP contribution in [0.5, 0.6) is 0 Å². The molecule has 5 heteroatoms. The number of nitrogens with zero attached hydrogens (tertiary/aromatic N) is 1. The molecule has 3 atom stereocenters. The quantitative estimate of drug-likeness (QED) is 0.747. The van der Waals surface area contributed by atoms with E-state index in [1.54, 1.807) is 0 Å². The third kappa shape index (κ3) is 4.49. The molecule has 138 valence electrons. The first-order valence-electron chi connectivity index (χ1n) is 9.11. The van der Waals surface area contributed by atoms with Gasteiger partial charge in [-0.15, -0.1) is 0 Å². The Bertz CT molecular complexity index is 715. The van der Waals surface area contributed by atoms with Crippen LogP contribution in [-0.4, -0.2) is 37.5 Å². The second-order valence-electron chi connectivity index (χ2n) is 7.18. The van der Waals surface area contributed by atoms with Crippen LogP contribution in [0.15, 0.2) is 54.6 Å². The Morgan fingerprint density at radius 3 is 2.46 bits per heavy atom. The number of hydrazine groups is 1. The molecule has 0 saturated carbocycles. The molecular formula is C21H28N4O. The van der Waals surface area contributed by atoms with Crippen molar-refractivity contribution in [3.63, 3.8) is 0 Å². The fourth-order valence-electron chi connectivity index (χ4n) is 3.34. The normalized spacial score (nSPS) is 20.9. The number of carbonyl (C=O) groups is 1. The van der Waals surface area contributed by atoms with Gasteiger partial charge in [0.05, 0.1) is 6.04 Å². The lowest BCUT2D eigenvalue weighted by Gasteiger charge is -2.26. The van der Waals surface area contributed by atoms with Gasteiger partial charge in [0.2, 0.25) is 5.91 Å². The van der Waals surface area contributed by atoms with Crippen molar-refractivity contribution >= 4 is 5.91 Å². The topological polar surface area (TPSA) is 56.4 Å². The van der Waals surface area contributed by atoms with E-state index in [-0.39, 0.29) is 24.0 Å². The summed E-state index contributed by atoms with van der Waals surface area (Å²) in [6, 6.07) is 18.8. The maximum absolute atomic E-state index is 12.6. The zero-order valence-electron chi connectivity index (χ0n) is 15.7. The van der Waals surface area contributed by atoms with E-state index in [4.69, 9.17) is 0 Å². The predicted octanol–water partition coefficient (Wildman–Crippen LogP) is 2.32. The third-order valence-corrected chi connectivity index (χ3v) is 4.98. The molecule has 1 amide bonds. The van der Waals surface area contributed by atoms with Gasteiger partial charge in [-0.25, -0.2) is 10.9 Å². The van der Waals surface area contributed by atoms with Gasteiger partial charge >= 0.3 is 0 Å². The summed E-state index contributed by atoms with van der Waals surface area (Å²) < 4.78 is 0. The zero-order valence-corrected chi connectivity index (χ0v) is 15.7.